The lowest BCUT2D eigenvalue weighted by molar-refractivity contribution is -0.133. The SMILES string of the molecule is COc1ccc(CCC(=O)N2CCn3cccc3C2c2ccccc2)c(OC)c1OC. The first-order valence-corrected chi connectivity index (χ1v) is 10.4. The highest BCUT2D eigenvalue weighted by Crippen LogP contribution is 2.40. The molecule has 2 aromatic carbocycles. The second-order valence-corrected chi connectivity index (χ2v) is 7.52. The topological polar surface area (TPSA) is 52.9 Å². The number of nitrogens with zero attached hydrogens (tertiary/aromatic N) is 2. The molecule has 1 amide bonds. The predicted molar refractivity (Wildman–Crippen MR) is 119 cm³/mol. The minimum atomic E-state index is -0.0789. The van der Waals surface area contributed by atoms with Crippen LogP contribution >= 0.6 is 0 Å². The van der Waals surface area contributed by atoms with E-state index < -0.39 is 0 Å². The number of aromatic nitrogens is 1. The highest BCUT2D eigenvalue weighted by atomic mass is 16.5. The highest BCUT2D eigenvalue weighted by molar-refractivity contribution is 5.78. The van der Waals surface area contributed by atoms with Crippen LogP contribution in [0.3, 0.4) is 0 Å². The Bertz CT molecular complexity index is 1040. The van der Waals surface area contributed by atoms with Crippen LogP contribution in [0.5, 0.6) is 17.2 Å². The molecular formula is C25H28N2O4. The summed E-state index contributed by atoms with van der Waals surface area (Å²) in [7, 11) is 4.78. The van der Waals surface area contributed by atoms with Crippen molar-refractivity contribution >= 4 is 5.91 Å². The fourth-order valence-corrected chi connectivity index (χ4v) is 4.38. The molecule has 0 aliphatic carbocycles. The van der Waals surface area contributed by atoms with Crippen molar-refractivity contribution in [2.45, 2.75) is 25.4 Å². The van der Waals surface area contributed by atoms with Crippen molar-refractivity contribution in [3.05, 3.63) is 77.6 Å². The van der Waals surface area contributed by atoms with Crippen molar-refractivity contribution in [2.24, 2.45) is 0 Å². The van der Waals surface area contributed by atoms with E-state index in [2.05, 4.69) is 29.0 Å². The van der Waals surface area contributed by atoms with Gasteiger partial charge in [0, 0.05) is 31.4 Å². The number of rotatable bonds is 7. The summed E-state index contributed by atoms with van der Waals surface area (Å²) < 4.78 is 18.7. The number of carbonyl (C=O) groups excluding carboxylic acids is 1. The Hall–Kier alpha value is -3.41. The molecule has 6 nitrogen and oxygen atoms in total. The fourth-order valence-electron chi connectivity index (χ4n) is 4.38. The number of benzene rings is 2. The van der Waals surface area contributed by atoms with Gasteiger partial charge in [0.15, 0.2) is 11.5 Å². The van der Waals surface area contributed by atoms with E-state index in [1.54, 1.807) is 21.3 Å². The van der Waals surface area contributed by atoms with Crippen LogP contribution in [0.15, 0.2) is 60.8 Å². The summed E-state index contributed by atoms with van der Waals surface area (Å²) in [6, 6.07) is 18.1. The molecular weight excluding hydrogens is 392 g/mol. The Labute approximate surface area is 183 Å². The van der Waals surface area contributed by atoms with Gasteiger partial charge in [0.05, 0.1) is 27.4 Å². The van der Waals surface area contributed by atoms with Gasteiger partial charge >= 0.3 is 0 Å². The van der Waals surface area contributed by atoms with E-state index in [0.717, 1.165) is 23.4 Å². The van der Waals surface area contributed by atoms with Crippen molar-refractivity contribution in [2.75, 3.05) is 27.9 Å². The Morgan fingerprint density at radius 2 is 1.68 bits per heavy atom. The quantitative estimate of drug-likeness (QED) is 0.578. The van der Waals surface area contributed by atoms with Crippen molar-refractivity contribution in [1.29, 1.82) is 0 Å². The number of fused-ring (bicyclic) bond motifs is 1. The number of methoxy groups -OCH3 is 3. The van der Waals surface area contributed by atoms with Crippen molar-refractivity contribution in [1.82, 2.24) is 9.47 Å². The molecule has 4 rings (SSSR count). The molecule has 0 saturated heterocycles. The number of carbonyl (C=O) groups is 1. The van der Waals surface area contributed by atoms with Gasteiger partial charge in [0.25, 0.3) is 0 Å². The molecule has 162 valence electrons. The van der Waals surface area contributed by atoms with Crippen LogP contribution in [-0.4, -0.2) is 43.2 Å². The zero-order valence-corrected chi connectivity index (χ0v) is 18.2. The van der Waals surface area contributed by atoms with Crippen LogP contribution in [0, 0.1) is 0 Å². The molecule has 31 heavy (non-hydrogen) atoms. The number of ether oxygens (including phenoxy) is 3. The van der Waals surface area contributed by atoms with Crippen LogP contribution in [-0.2, 0) is 17.8 Å². The fraction of sp³-hybridized carbons (Fsp3) is 0.320. The molecule has 1 aromatic heterocycles. The van der Waals surface area contributed by atoms with Gasteiger partial charge < -0.3 is 23.7 Å². The minimum absolute atomic E-state index is 0.0789. The third kappa shape index (κ3) is 3.98. The van der Waals surface area contributed by atoms with Crippen LogP contribution in [0.1, 0.15) is 29.3 Å². The van der Waals surface area contributed by atoms with Crippen LogP contribution < -0.4 is 14.2 Å². The Morgan fingerprint density at radius 3 is 2.39 bits per heavy atom. The average Bonchev–Trinajstić information content (AvgIpc) is 3.30. The molecule has 1 atom stereocenters. The Kier molecular flexibility index (Phi) is 6.16. The van der Waals surface area contributed by atoms with Crippen molar-refractivity contribution in [3.8, 4) is 17.2 Å². The van der Waals surface area contributed by atoms with E-state index in [0.29, 0.717) is 36.6 Å². The van der Waals surface area contributed by atoms with Gasteiger partial charge in [0.2, 0.25) is 11.7 Å². The standard InChI is InChI=1S/C25H28N2O4/c1-29-21-13-11-19(24(30-2)25(21)31-3)12-14-22(28)27-17-16-26-15-7-10-20(26)23(27)18-8-5-4-6-9-18/h4-11,13,15,23H,12,14,16-17H2,1-3H3. The molecule has 0 N–H and O–H groups in total. The maximum Gasteiger partial charge on any atom is 0.223 e. The second-order valence-electron chi connectivity index (χ2n) is 7.52. The van der Waals surface area contributed by atoms with E-state index in [4.69, 9.17) is 14.2 Å². The molecule has 1 unspecified atom stereocenters. The monoisotopic (exact) mass is 420 g/mol. The molecule has 0 spiro atoms. The summed E-state index contributed by atoms with van der Waals surface area (Å²) in [6.07, 6.45) is 3.03. The van der Waals surface area contributed by atoms with E-state index in [9.17, 15) is 4.79 Å². The third-order valence-corrected chi connectivity index (χ3v) is 5.87. The molecule has 0 saturated carbocycles. The molecule has 0 radical (unpaired) electrons. The average molecular weight is 421 g/mol. The van der Waals surface area contributed by atoms with E-state index in [1.807, 2.05) is 41.3 Å². The molecule has 1 aliphatic rings. The number of hydrogen-bond acceptors (Lipinski definition) is 4. The zero-order chi connectivity index (χ0) is 21.8. The first-order chi connectivity index (χ1) is 15.2. The van der Waals surface area contributed by atoms with Gasteiger partial charge in [-0.3, -0.25) is 4.79 Å². The summed E-state index contributed by atoms with van der Waals surface area (Å²) >= 11 is 0. The van der Waals surface area contributed by atoms with Gasteiger partial charge in [0.1, 0.15) is 0 Å². The van der Waals surface area contributed by atoms with Gasteiger partial charge in [-0.1, -0.05) is 36.4 Å². The second kappa shape index (κ2) is 9.16. The van der Waals surface area contributed by atoms with E-state index in [1.165, 1.54) is 0 Å². The summed E-state index contributed by atoms with van der Waals surface area (Å²) in [4.78, 5) is 15.4. The Balaban J connectivity index is 1.57. The lowest BCUT2D eigenvalue weighted by Gasteiger charge is -2.37. The van der Waals surface area contributed by atoms with Gasteiger partial charge in [-0.05, 0) is 35.7 Å². The lowest BCUT2D eigenvalue weighted by Crippen LogP contribution is -2.42. The Morgan fingerprint density at radius 1 is 0.903 bits per heavy atom. The van der Waals surface area contributed by atoms with Gasteiger partial charge in [-0.15, -0.1) is 0 Å². The van der Waals surface area contributed by atoms with Crippen LogP contribution in [0.2, 0.25) is 0 Å². The normalized spacial score (nSPS) is 15.3. The lowest BCUT2D eigenvalue weighted by atomic mass is 9.98. The molecule has 1 aliphatic heterocycles. The van der Waals surface area contributed by atoms with Gasteiger partial charge in [-0.25, -0.2) is 0 Å². The van der Waals surface area contributed by atoms with Crippen molar-refractivity contribution < 1.29 is 19.0 Å². The summed E-state index contributed by atoms with van der Waals surface area (Å²) in [5.74, 6) is 1.89. The number of aryl methyl sites for hydroxylation is 1. The summed E-state index contributed by atoms with van der Waals surface area (Å²) in [5, 5.41) is 0. The van der Waals surface area contributed by atoms with Crippen LogP contribution in [0.4, 0.5) is 0 Å². The maximum absolute atomic E-state index is 13.4. The molecule has 3 aromatic rings. The molecule has 0 fully saturated rings. The molecule has 0 bridgehead atoms. The third-order valence-electron chi connectivity index (χ3n) is 5.87. The highest BCUT2D eigenvalue weighted by Gasteiger charge is 2.32. The molecule has 6 heteroatoms. The zero-order valence-electron chi connectivity index (χ0n) is 18.2. The summed E-state index contributed by atoms with van der Waals surface area (Å²) in [5.41, 5.74) is 3.19. The first-order valence-electron chi connectivity index (χ1n) is 10.4. The van der Waals surface area contributed by atoms with E-state index >= 15 is 0 Å². The minimum Gasteiger partial charge on any atom is -0.493 e. The van der Waals surface area contributed by atoms with Crippen molar-refractivity contribution in [3.63, 3.8) is 0 Å². The smallest absolute Gasteiger partial charge is 0.223 e. The number of hydrogen-bond donors (Lipinski definition) is 0. The van der Waals surface area contributed by atoms with Gasteiger partial charge in [-0.2, -0.15) is 0 Å². The molecule has 2 heterocycles. The van der Waals surface area contributed by atoms with Crippen LogP contribution in [0.25, 0.3) is 0 Å². The number of amides is 1. The summed E-state index contributed by atoms with van der Waals surface area (Å²) in [6.45, 7) is 1.49. The maximum atomic E-state index is 13.4. The predicted octanol–water partition coefficient (Wildman–Crippen LogP) is 4.08. The largest absolute Gasteiger partial charge is 0.493 e. The van der Waals surface area contributed by atoms with E-state index in [-0.39, 0.29) is 11.9 Å². The first kappa shape index (κ1) is 20.8.